The summed E-state index contributed by atoms with van der Waals surface area (Å²) < 4.78 is 23.1. The molecule has 0 N–H and O–H groups in total. The van der Waals surface area contributed by atoms with Crippen molar-refractivity contribution in [2.75, 3.05) is 26.4 Å². The monoisotopic (exact) mass is 301 g/mol. The lowest BCUT2D eigenvalue weighted by atomic mass is 9.90. The van der Waals surface area contributed by atoms with Crippen molar-refractivity contribution in [2.24, 2.45) is 5.92 Å². The fourth-order valence-corrected chi connectivity index (χ4v) is 3.51. The normalized spacial score (nSPS) is 28.5. The quantitative estimate of drug-likeness (QED) is 0.716. The molecule has 114 valence electrons. The standard InChI is InChI=1S/C16H15NO5/c17-10-11-9-14(18)16(21-7-8-22-16)13-4-2-1-3-12(13)15(11)19-5-6-20-15/h1-4,11H,5-9H2. The number of rotatable bonds is 0. The SMILES string of the molecule is N#CC1CC(=O)C2(OCCO2)c2ccccc2C12OCCO2. The molecule has 2 saturated heterocycles. The summed E-state index contributed by atoms with van der Waals surface area (Å²) in [5, 5.41) is 9.57. The Hall–Kier alpha value is -1.78. The summed E-state index contributed by atoms with van der Waals surface area (Å²) in [7, 11) is 0. The summed E-state index contributed by atoms with van der Waals surface area (Å²) in [5.74, 6) is -3.67. The molecule has 0 aromatic heterocycles. The molecule has 1 aromatic rings. The maximum atomic E-state index is 12.8. The molecule has 6 heteroatoms. The third-order valence-corrected chi connectivity index (χ3v) is 4.44. The maximum Gasteiger partial charge on any atom is 0.257 e. The van der Waals surface area contributed by atoms with E-state index >= 15 is 0 Å². The lowest BCUT2D eigenvalue weighted by molar-refractivity contribution is -0.193. The molecule has 4 rings (SSSR count). The fourth-order valence-electron chi connectivity index (χ4n) is 3.51. The van der Waals surface area contributed by atoms with E-state index in [0.717, 1.165) is 0 Å². The second kappa shape index (κ2) is 4.86. The van der Waals surface area contributed by atoms with Gasteiger partial charge in [-0.1, -0.05) is 24.3 Å². The van der Waals surface area contributed by atoms with E-state index in [9.17, 15) is 10.1 Å². The number of hydrogen-bond acceptors (Lipinski definition) is 6. The van der Waals surface area contributed by atoms with Gasteiger partial charge in [0.2, 0.25) is 5.79 Å². The number of hydrogen-bond donors (Lipinski definition) is 0. The van der Waals surface area contributed by atoms with Gasteiger partial charge in [0.05, 0.1) is 32.5 Å². The Morgan fingerprint density at radius 3 is 2.23 bits per heavy atom. The van der Waals surface area contributed by atoms with E-state index < -0.39 is 17.5 Å². The summed E-state index contributed by atoms with van der Waals surface area (Å²) in [6, 6.07) is 9.42. The molecule has 2 fully saturated rings. The first-order chi connectivity index (χ1) is 10.7. The maximum absolute atomic E-state index is 12.8. The van der Waals surface area contributed by atoms with Crippen molar-refractivity contribution in [3.8, 4) is 6.07 Å². The number of ether oxygens (including phenoxy) is 4. The van der Waals surface area contributed by atoms with Crippen LogP contribution in [0.1, 0.15) is 17.5 Å². The Bertz CT molecular complexity index is 653. The number of nitrogens with zero attached hydrogens (tertiary/aromatic N) is 1. The van der Waals surface area contributed by atoms with Gasteiger partial charge in [0, 0.05) is 17.5 Å². The average Bonchev–Trinajstić information content (AvgIpc) is 3.21. The third kappa shape index (κ3) is 1.65. The van der Waals surface area contributed by atoms with Crippen LogP contribution >= 0.6 is 0 Å². The van der Waals surface area contributed by atoms with Gasteiger partial charge >= 0.3 is 0 Å². The summed E-state index contributed by atoms with van der Waals surface area (Å²) in [6.07, 6.45) is -0.0365. The minimum atomic E-state index is -1.44. The van der Waals surface area contributed by atoms with Gasteiger partial charge in [-0.25, -0.2) is 0 Å². The van der Waals surface area contributed by atoms with Crippen molar-refractivity contribution in [2.45, 2.75) is 18.0 Å². The van der Waals surface area contributed by atoms with Crippen molar-refractivity contribution in [1.29, 1.82) is 5.26 Å². The van der Waals surface area contributed by atoms with Gasteiger partial charge in [-0.15, -0.1) is 0 Å². The van der Waals surface area contributed by atoms with Crippen LogP contribution in [0.25, 0.3) is 0 Å². The van der Waals surface area contributed by atoms with Gasteiger partial charge in [0.1, 0.15) is 5.92 Å². The van der Waals surface area contributed by atoms with Crippen LogP contribution in [-0.4, -0.2) is 32.2 Å². The van der Waals surface area contributed by atoms with E-state index in [0.29, 0.717) is 37.6 Å². The number of ketones is 1. The number of benzene rings is 1. The molecule has 0 saturated carbocycles. The Labute approximate surface area is 127 Å². The van der Waals surface area contributed by atoms with Crippen LogP contribution in [-0.2, 0) is 35.3 Å². The van der Waals surface area contributed by atoms with Crippen molar-refractivity contribution in [1.82, 2.24) is 0 Å². The van der Waals surface area contributed by atoms with Crippen molar-refractivity contribution in [3.63, 3.8) is 0 Å². The summed E-state index contributed by atoms with van der Waals surface area (Å²) in [6.45, 7) is 1.45. The summed E-state index contributed by atoms with van der Waals surface area (Å²) in [4.78, 5) is 12.8. The van der Waals surface area contributed by atoms with E-state index in [1.165, 1.54) is 0 Å². The van der Waals surface area contributed by atoms with Crippen LogP contribution in [0.3, 0.4) is 0 Å². The predicted molar refractivity (Wildman–Crippen MR) is 72.3 cm³/mol. The highest BCUT2D eigenvalue weighted by atomic mass is 16.7. The van der Waals surface area contributed by atoms with Gasteiger partial charge in [-0.05, 0) is 0 Å². The zero-order valence-electron chi connectivity index (χ0n) is 11.9. The van der Waals surface area contributed by atoms with Gasteiger partial charge in [0.25, 0.3) is 5.79 Å². The molecule has 2 spiro atoms. The lowest BCUT2D eigenvalue weighted by Gasteiger charge is -2.32. The van der Waals surface area contributed by atoms with Crippen LogP contribution in [0, 0.1) is 17.2 Å². The molecule has 1 aromatic carbocycles. The van der Waals surface area contributed by atoms with Gasteiger partial charge in [-0.2, -0.15) is 5.26 Å². The van der Waals surface area contributed by atoms with E-state index in [4.69, 9.17) is 18.9 Å². The third-order valence-electron chi connectivity index (χ3n) is 4.44. The van der Waals surface area contributed by atoms with Crippen LogP contribution < -0.4 is 0 Å². The van der Waals surface area contributed by atoms with Gasteiger partial charge < -0.3 is 18.9 Å². The van der Waals surface area contributed by atoms with E-state index in [1.807, 2.05) is 18.2 Å². The Kier molecular flexibility index (Phi) is 3.06. The van der Waals surface area contributed by atoms with Crippen LogP contribution in [0.15, 0.2) is 24.3 Å². The largest absolute Gasteiger partial charge is 0.342 e. The second-order valence-electron chi connectivity index (χ2n) is 5.53. The Balaban J connectivity index is 1.98. The highest BCUT2D eigenvalue weighted by Gasteiger charge is 2.59. The van der Waals surface area contributed by atoms with E-state index in [2.05, 4.69) is 6.07 Å². The minimum absolute atomic E-state index is 0.0365. The molecule has 3 aliphatic rings. The summed E-state index contributed by atoms with van der Waals surface area (Å²) >= 11 is 0. The highest BCUT2D eigenvalue weighted by molar-refractivity contribution is 5.89. The number of fused-ring (bicyclic) bond motifs is 3. The van der Waals surface area contributed by atoms with Crippen LogP contribution in [0.5, 0.6) is 0 Å². The molecule has 6 nitrogen and oxygen atoms in total. The topological polar surface area (TPSA) is 77.8 Å². The van der Waals surface area contributed by atoms with Crippen molar-refractivity contribution in [3.05, 3.63) is 35.4 Å². The van der Waals surface area contributed by atoms with Crippen LogP contribution in [0.2, 0.25) is 0 Å². The molecule has 1 unspecified atom stereocenters. The molecule has 0 radical (unpaired) electrons. The number of carbonyl (C=O) groups is 1. The zero-order chi connectivity index (χ0) is 15.2. The molecular weight excluding hydrogens is 286 g/mol. The number of nitriles is 1. The first kappa shape index (κ1) is 13.9. The molecule has 22 heavy (non-hydrogen) atoms. The first-order valence-electron chi connectivity index (χ1n) is 7.32. The molecule has 0 amide bonds. The van der Waals surface area contributed by atoms with Crippen molar-refractivity contribution >= 4 is 5.78 Å². The highest BCUT2D eigenvalue weighted by Crippen LogP contribution is 2.50. The molecule has 2 aliphatic heterocycles. The fraction of sp³-hybridized carbons (Fsp3) is 0.500. The second-order valence-corrected chi connectivity index (χ2v) is 5.53. The predicted octanol–water partition coefficient (Wildman–Crippen LogP) is 1.20. The summed E-state index contributed by atoms with van der Waals surface area (Å²) in [5.41, 5.74) is 1.23. The Morgan fingerprint density at radius 2 is 1.59 bits per heavy atom. The van der Waals surface area contributed by atoms with Gasteiger partial charge in [-0.3, -0.25) is 4.79 Å². The first-order valence-corrected chi connectivity index (χ1v) is 7.32. The zero-order valence-corrected chi connectivity index (χ0v) is 11.9. The number of Topliss-reactive ketones (excluding diaryl/α,β-unsaturated/α-hetero) is 1. The average molecular weight is 301 g/mol. The van der Waals surface area contributed by atoms with Crippen molar-refractivity contribution < 1.29 is 23.7 Å². The molecule has 1 aliphatic carbocycles. The van der Waals surface area contributed by atoms with Gasteiger partial charge in [0.15, 0.2) is 5.78 Å². The minimum Gasteiger partial charge on any atom is -0.342 e. The van der Waals surface area contributed by atoms with Crippen LogP contribution in [0.4, 0.5) is 0 Å². The molecule has 2 heterocycles. The molecular formula is C16H15NO5. The number of carbonyl (C=O) groups excluding carboxylic acids is 1. The van der Waals surface area contributed by atoms with E-state index in [-0.39, 0.29) is 12.2 Å². The Morgan fingerprint density at radius 1 is 1.00 bits per heavy atom. The van der Waals surface area contributed by atoms with E-state index in [1.54, 1.807) is 6.07 Å². The smallest absolute Gasteiger partial charge is 0.257 e. The molecule has 1 atom stereocenters. The molecule has 0 bridgehead atoms. The lowest BCUT2D eigenvalue weighted by Crippen LogP contribution is -2.37.